The van der Waals surface area contributed by atoms with Gasteiger partial charge in [0.25, 0.3) is 0 Å². The Morgan fingerprint density at radius 2 is 0.768 bits per heavy atom. The summed E-state index contributed by atoms with van der Waals surface area (Å²) in [6.45, 7) is 0. The molecule has 0 fully saturated rings. The van der Waals surface area contributed by atoms with E-state index in [9.17, 15) is 0 Å². The second-order valence-electron chi connectivity index (χ2n) is 14.0. The van der Waals surface area contributed by atoms with Crippen LogP contribution in [0.25, 0.3) is 100 Å². The molecule has 0 saturated heterocycles. The van der Waals surface area contributed by atoms with Gasteiger partial charge in [-0.25, -0.2) is 15.0 Å². The third kappa shape index (κ3) is 5.27. The highest BCUT2D eigenvalue weighted by Crippen LogP contribution is 2.37. The first kappa shape index (κ1) is 31.8. The Labute approximate surface area is 322 Å². The van der Waals surface area contributed by atoms with Gasteiger partial charge in [-0.3, -0.25) is 4.98 Å². The van der Waals surface area contributed by atoms with Crippen LogP contribution < -0.4 is 0 Å². The molecule has 7 aromatic carbocycles. The number of rotatable bonds is 6. The molecule has 11 aromatic rings. The molecule has 0 aliphatic carbocycles. The summed E-state index contributed by atoms with van der Waals surface area (Å²) in [6.07, 6.45) is 3.61. The Hall–Kier alpha value is -7.70. The van der Waals surface area contributed by atoms with E-state index in [1.807, 2.05) is 48.7 Å². The van der Waals surface area contributed by atoms with Gasteiger partial charge in [-0.2, -0.15) is 0 Å². The Bertz CT molecular complexity index is 3130. The largest absolute Gasteiger partial charge is 0.309 e. The van der Waals surface area contributed by atoms with Crippen LogP contribution in [0.15, 0.2) is 194 Å². The maximum absolute atomic E-state index is 4.95. The monoisotopic (exact) mass is 716 g/mol. The van der Waals surface area contributed by atoms with Gasteiger partial charge in [0, 0.05) is 49.6 Å². The average Bonchev–Trinajstić information content (AvgIpc) is 3.80. The van der Waals surface area contributed by atoms with Crippen molar-refractivity contribution in [1.29, 1.82) is 0 Å². The third-order valence-corrected chi connectivity index (χ3v) is 10.6. The van der Waals surface area contributed by atoms with E-state index in [-0.39, 0.29) is 0 Å². The minimum atomic E-state index is 0.531. The topological polar surface area (TPSA) is 61.4 Å². The van der Waals surface area contributed by atoms with Crippen LogP contribution >= 0.6 is 0 Å². The number of nitrogens with zero attached hydrogens (tertiary/aromatic N) is 6. The summed E-state index contributed by atoms with van der Waals surface area (Å²) >= 11 is 0. The van der Waals surface area contributed by atoms with Crippen LogP contribution in [0.5, 0.6) is 0 Å². The van der Waals surface area contributed by atoms with E-state index in [1.54, 1.807) is 6.20 Å². The summed E-state index contributed by atoms with van der Waals surface area (Å²) in [6, 6.07) is 63.7. The van der Waals surface area contributed by atoms with Crippen molar-refractivity contribution in [2.45, 2.75) is 0 Å². The quantitative estimate of drug-likeness (QED) is 0.172. The number of benzene rings is 7. The van der Waals surface area contributed by atoms with E-state index in [4.69, 9.17) is 19.9 Å². The van der Waals surface area contributed by atoms with Crippen molar-refractivity contribution in [3.05, 3.63) is 194 Å². The standard InChI is InChI=1S/C50H32N6/c1-3-14-33(15-4-1)42-30-43(34-16-5-2-6-17-34)54-50(53-42)45-32-51-44(31-52-45)35-26-27-41-40-22-9-12-25-48(40)56(49(41)28-35)37-19-13-18-36(29-37)55-46-23-10-7-20-38(46)39-21-8-11-24-47(39)55/h1-32H. The highest BCUT2D eigenvalue weighted by molar-refractivity contribution is 6.11. The highest BCUT2D eigenvalue weighted by Gasteiger charge is 2.17. The summed E-state index contributed by atoms with van der Waals surface area (Å²) in [5.41, 5.74) is 12.9. The lowest BCUT2D eigenvalue weighted by atomic mass is 10.1. The Kier molecular flexibility index (Phi) is 7.38. The molecule has 0 bridgehead atoms. The van der Waals surface area contributed by atoms with E-state index in [0.29, 0.717) is 11.5 Å². The molecule has 4 heterocycles. The maximum Gasteiger partial charge on any atom is 0.180 e. The summed E-state index contributed by atoms with van der Waals surface area (Å²) in [4.78, 5) is 19.7. The van der Waals surface area contributed by atoms with Crippen molar-refractivity contribution >= 4 is 43.6 Å². The van der Waals surface area contributed by atoms with Gasteiger partial charge >= 0.3 is 0 Å². The van der Waals surface area contributed by atoms with Crippen LogP contribution in [0, 0.1) is 0 Å². The average molecular weight is 717 g/mol. The first-order valence-electron chi connectivity index (χ1n) is 18.7. The summed E-state index contributed by atoms with van der Waals surface area (Å²) < 4.78 is 4.73. The van der Waals surface area contributed by atoms with Gasteiger partial charge in [-0.05, 0) is 48.5 Å². The Morgan fingerprint density at radius 3 is 1.30 bits per heavy atom. The van der Waals surface area contributed by atoms with E-state index in [2.05, 4.69) is 149 Å². The molecule has 262 valence electrons. The smallest absolute Gasteiger partial charge is 0.180 e. The molecular formula is C50H32N6. The zero-order valence-corrected chi connectivity index (χ0v) is 30.2. The van der Waals surface area contributed by atoms with Gasteiger partial charge in [0.1, 0.15) is 5.69 Å². The zero-order chi connectivity index (χ0) is 37.0. The van der Waals surface area contributed by atoms with Gasteiger partial charge in [-0.15, -0.1) is 0 Å². The second-order valence-corrected chi connectivity index (χ2v) is 14.0. The van der Waals surface area contributed by atoms with Gasteiger partial charge in [0.15, 0.2) is 5.82 Å². The van der Waals surface area contributed by atoms with Crippen molar-refractivity contribution < 1.29 is 0 Å². The first-order valence-corrected chi connectivity index (χ1v) is 18.7. The van der Waals surface area contributed by atoms with Crippen LogP contribution in [-0.4, -0.2) is 29.1 Å². The van der Waals surface area contributed by atoms with Crippen LogP contribution in [0.2, 0.25) is 0 Å². The Balaban J connectivity index is 1.02. The van der Waals surface area contributed by atoms with Crippen molar-refractivity contribution in [3.8, 4) is 56.7 Å². The fourth-order valence-corrected chi connectivity index (χ4v) is 8.05. The molecule has 6 nitrogen and oxygen atoms in total. The maximum atomic E-state index is 4.95. The highest BCUT2D eigenvalue weighted by atomic mass is 15.0. The molecule has 0 atom stereocenters. The van der Waals surface area contributed by atoms with Crippen LogP contribution in [0.1, 0.15) is 0 Å². The normalized spacial score (nSPS) is 11.6. The molecule has 56 heavy (non-hydrogen) atoms. The number of hydrogen-bond acceptors (Lipinski definition) is 4. The van der Waals surface area contributed by atoms with Crippen LogP contribution in [-0.2, 0) is 0 Å². The van der Waals surface area contributed by atoms with E-state index >= 15 is 0 Å². The molecule has 0 amide bonds. The molecule has 0 N–H and O–H groups in total. The minimum Gasteiger partial charge on any atom is -0.309 e. The molecule has 0 unspecified atom stereocenters. The minimum absolute atomic E-state index is 0.531. The van der Waals surface area contributed by atoms with E-state index < -0.39 is 0 Å². The third-order valence-electron chi connectivity index (χ3n) is 10.6. The summed E-state index contributed by atoms with van der Waals surface area (Å²) in [7, 11) is 0. The van der Waals surface area contributed by atoms with Crippen molar-refractivity contribution in [3.63, 3.8) is 0 Å². The fraction of sp³-hybridized carbons (Fsp3) is 0. The predicted molar refractivity (Wildman–Crippen MR) is 228 cm³/mol. The summed E-state index contributed by atoms with van der Waals surface area (Å²) in [5, 5.41) is 4.86. The predicted octanol–water partition coefficient (Wildman–Crippen LogP) is 12.1. The van der Waals surface area contributed by atoms with Gasteiger partial charge in [0.05, 0.1) is 51.5 Å². The van der Waals surface area contributed by atoms with Gasteiger partial charge in [-0.1, -0.05) is 133 Å². The Morgan fingerprint density at radius 1 is 0.304 bits per heavy atom. The fourth-order valence-electron chi connectivity index (χ4n) is 8.05. The number of aromatic nitrogens is 6. The molecule has 4 aromatic heterocycles. The second kappa shape index (κ2) is 13.0. The number of fused-ring (bicyclic) bond motifs is 6. The van der Waals surface area contributed by atoms with Crippen LogP contribution in [0.3, 0.4) is 0 Å². The molecular weight excluding hydrogens is 685 g/mol. The lowest BCUT2D eigenvalue weighted by Gasteiger charge is -2.13. The molecule has 11 rings (SSSR count). The van der Waals surface area contributed by atoms with Gasteiger partial charge < -0.3 is 9.13 Å². The molecule has 0 aliphatic heterocycles. The molecule has 0 aliphatic rings. The molecule has 0 saturated carbocycles. The van der Waals surface area contributed by atoms with Crippen molar-refractivity contribution in [2.24, 2.45) is 0 Å². The lowest BCUT2D eigenvalue weighted by molar-refractivity contribution is 1.12. The SMILES string of the molecule is c1ccc(-c2cc(-c3ccccc3)nc(-c3cnc(-c4ccc5c6ccccc6n(-c6cccc(-n7c8ccccc8c8ccccc87)c6)c5c4)cn3)n2)cc1. The van der Waals surface area contributed by atoms with E-state index in [0.717, 1.165) is 56.2 Å². The number of hydrogen-bond donors (Lipinski definition) is 0. The van der Waals surface area contributed by atoms with Crippen molar-refractivity contribution in [2.75, 3.05) is 0 Å². The summed E-state index contributed by atoms with van der Waals surface area (Å²) in [5.74, 6) is 0.531. The molecule has 0 spiro atoms. The zero-order valence-electron chi connectivity index (χ0n) is 30.2. The first-order chi connectivity index (χ1) is 27.8. The lowest BCUT2D eigenvalue weighted by Crippen LogP contribution is -1.99. The molecule has 6 heteroatoms. The van der Waals surface area contributed by atoms with Crippen LogP contribution in [0.4, 0.5) is 0 Å². The van der Waals surface area contributed by atoms with Crippen molar-refractivity contribution in [1.82, 2.24) is 29.1 Å². The van der Waals surface area contributed by atoms with E-state index in [1.165, 1.54) is 32.6 Å². The number of para-hydroxylation sites is 3. The van der Waals surface area contributed by atoms with Gasteiger partial charge in [0.2, 0.25) is 0 Å². The molecule has 0 radical (unpaired) electrons.